The molecule has 1 N–H and O–H groups in total. The van der Waals surface area contributed by atoms with Crippen LogP contribution in [0.3, 0.4) is 0 Å². The predicted octanol–water partition coefficient (Wildman–Crippen LogP) is 2.82. The van der Waals surface area contributed by atoms with Gasteiger partial charge in [0.2, 0.25) is 0 Å². The van der Waals surface area contributed by atoms with Gasteiger partial charge in [-0.15, -0.1) is 0 Å². The van der Waals surface area contributed by atoms with Gasteiger partial charge in [-0.2, -0.15) is 0 Å². The van der Waals surface area contributed by atoms with Gasteiger partial charge < -0.3 is 7.96 Å². The van der Waals surface area contributed by atoms with Gasteiger partial charge >= 0.3 is 23.1 Å². The topological polar surface area (TPSA) is 20.2 Å². The first-order chi connectivity index (χ1) is 5.22. The van der Waals surface area contributed by atoms with Gasteiger partial charge in [-0.05, 0) is 18.8 Å². The van der Waals surface area contributed by atoms with Crippen LogP contribution in [0.1, 0.15) is 55.7 Å². The second-order valence-corrected chi connectivity index (χ2v) is 3.48. The second kappa shape index (κ2) is 9.81. The van der Waals surface area contributed by atoms with Crippen molar-refractivity contribution in [2.45, 2.75) is 59.0 Å². The zero-order valence-corrected chi connectivity index (χ0v) is 10.3. The molecule has 0 spiro atoms. The number of aliphatic hydroxyl groups excluding tert-OH is 1. The average Bonchev–Trinajstić information content (AvgIpc) is 2.00. The number of rotatable bonds is 6. The summed E-state index contributed by atoms with van der Waals surface area (Å²) in [7, 11) is 0. The Kier molecular flexibility index (Phi) is 12.4. The van der Waals surface area contributed by atoms with Crippen LogP contribution in [0.25, 0.3) is 0 Å². The van der Waals surface area contributed by atoms with E-state index in [1.54, 1.807) is 0 Å². The van der Waals surface area contributed by atoms with Crippen LogP contribution in [-0.2, 0) is 0 Å². The number of hydrogen-bond acceptors (Lipinski definition) is 1. The molecular weight excluding hydrogens is 160 g/mol. The van der Waals surface area contributed by atoms with Crippen molar-refractivity contribution >= 4 is 23.1 Å². The van der Waals surface area contributed by atoms with E-state index in [0.717, 1.165) is 12.8 Å². The van der Waals surface area contributed by atoms with Crippen LogP contribution in [-0.4, -0.2) is 34.3 Å². The zero-order valence-electron chi connectivity index (χ0n) is 10.8. The van der Waals surface area contributed by atoms with Crippen molar-refractivity contribution in [1.82, 2.24) is 0 Å². The molecule has 72 valence electrons. The molecule has 0 fully saturated rings. The summed E-state index contributed by atoms with van der Waals surface area (Å²) in [5.41, 5.74) is 0. The Morgan fingerprint density at radius 2 is 1.75 bits per heavy atom. The van der Waals surface area contributed by atoms with Gasteiger partial charge in [0.05, 0.1) is 6.10 Å². The normalized spacial score (nSPS) is 15.0. The van der Waals surface area contributed by atoms with Crippen molar-refractivity contribution in [1.29, 1.82) is 0 Å². The van der Waals surface area contributed by atoms with Gasteiger partial charge in [0.15, 0.2) is 0 Å². The zero-order chi connectivity index (χ0) is 8.69. The standard InChI is InChI=1S/C10H22O.Mg.2H/c1-4-6-8-9(3)10(11)7-5-2;;;/h9-11H,4-8H2,1-3H3;;;/q;+2;2*-1. The van der Waals surface area contributed by atoms with Crippen molar-refractivity contribution in [3.8, 4) is 0 Å². The predicted molar refractivity (Wildman–Crippen MR) is 57.6 cm³/mol. The van der Waals surface area contributed by atoms with Crippen LogP contribution in [0.4, 0.5) is 0 Å². The maximum absolute atomic E-state index is 9.54. The fourth-order valence-corrected chi connectivity index (χ4v) is 1.30. The maximum Gasteiger partial charge on any atom is 2.00 e. The Morgan fingerprint density at radius 1 is 1.17 bits per heavy atom. The molecule has 0 aromatic rings. The molecule has 2 atom stereocenters. The van der Waals surface area contributed by atoms with E-state index < -0.39 is 0 Å². The summed E-state index contributed by atoms with van der Waals surface area (Å²) in [5.74, 6) is 0.495. The van der Waals surface area contributed by atoms with Gasteiger partial charge in [-0.25, -0.2) is 0 Å². The van der Waals surface area contributed by atoms with Gasteiger partial charge in [0, 0.05) is 0 Å². The molecule has 0 saturated heterocycles. The molecular formula is C10H24MgO. The van der Waals surface area contributed by atoms with Crippen LogP contribution in [0.15, 0.2) is 0 Å². The molecule has 0 saturated carbocycles. The molecule has 0 rings (SSSR count). The van der Waals surface area contributed by atoms with Crippen molar-refractivity contribution in [2.75, 3.05) is 0 Å². The monoisotopic (exact) mass is 184 g/mol. The van der Waals surface area contributed by atoms with Crippen LogP contribution in [0, 0.1) is 5.92 Å². The summed E-state index contributed by atoms with van der Waals surface area (Å²) >= 11 is 0. The first kappa shape index (κ1) is 15.2. The number of hydrogen-bond donors (Lipinski definition) is 1. The van der Waals surface area contributed by atoms with Crippen molar-refractivity contribution in [3.63, 3.8) is 0 Å². The Balaban J connectivity index is -0.000000167. The van der Waals surface area contributed by atoms with Gasteiger partial charge in [0.25, 0.3) is 0 Å². The fourth-order valence-electron chi connectivity index (χ4n) is 1.30. The minimum absolute atomic E-state index is 0. The van der Waals surface area contributed by atoms with E-state index in [0.29, 0.717) is 5.92 Å². The van der Waals surface area contributed by atoms with E-state index in [2.05, 4.69) is 20.8 Å². The summed E-state index contributed by atoms with van der Waals surface area (Å²) in [4.78, 5) is 0. The Labute approximate surface area is 96.1 Å². The third-order valence-electron chi connectivity index (χ3n) is 2.25. The molecule has 0 heterocycles. The van der Waals surface area contributed by atoms with Gasteiger partial charge in [-0.3, -0.25) is 0 Å². The van der Waals surface area contributed by atoms with Crippen LogP contribution in [0.5, 0.6) is 0 Å². The average molecular weight is 185 g/mol. The third-order valence-corrected chi connectivity index (χ3v) is 2.25. The second-order valence-electron chi connectivity index (χ2n) is 3.48. The number of unbranched alkanes of at least 4 members (excludes halogenated alkanes) is 1. The van der Waals surface area contributed by atoms with Gasteiger partial charge in [-0.1, -0.05) is 40.0 Å². The molecule has 0 bridgehead atoms. The molecule has 0 aliphatic heterocycles. The summed E-state index contributed by atoms with van der Waals surface area (Å²) < 4.78 is 0. The summed E-state index contributed by atoms with van der Waals surface area (Å²) in [5, 5.41) is 9.54. The largest absolute Gasteiger partial charge is 2.00 e. The molecule has 12 heavy (non-hydrogen) atoms. The molecule has 0 aliphatic rings. The SMILES string of the molecule is CCCCC(C)C(O)CCC.[H-].[H-].[Mg+2]. The van der Waals surface area contributed by atoms with Crippen molar-refractivity contribution in [3.05, 3.63) is 0 Å². The van der Waals surface area contributed by atoms with E-state index in [4.69, 9.17) is 0 Å². The number of aliphatic hydroxyl groups is 1. The molecule has 2 heteroatoms. The molecule has 0 radical (unpaired) electrons. The minimum Gasteiger partial charge on any atom is -1.00 e. The summed E-state index contributed by atoms with van der Waals surface area (Å²) in [6.07, 6.45) is 5.66. The fraction of sp³-hybridized carbons (Fsp3) is 1.00. The minimum atomic E-state index is -0.0634. The van der Waals surface area contributed by atoms with Crippen LogP contribution < -0.4 is 0 Å². The Bertz CT molecular complexity index is 94.2. The first-order valence-electron chi connectivity index (χ1n) is 4.90. The Morgan fingerprint density at radius 3 is 2.17 bits per heavy atom. The van der Waals surface area contributed by atoms with E-state index in [9.17, 15) is 5.11 Å². The molecule has 0 amide bonds. The summed E-state index contributed by atoms with van der Waals surface area (Å²) in [6, 6.07) is 0. The maximum atomic E-state index is 9.54. The molecule has 0 aromatic heterocycles. The van der Waals surface area contributed by atoms with Crippen LogP contribution >= 0.6 is 0 Å². The van der Waals surface area contributed by atoms with E-state index in [1.807, 2.05) is 0 Å². The molecule has 2 unspecified atom stereocenters. The third kappa shape index (κ3) is 7.38. The van der Waals surface area contributed by atoms with Gasteiger partial charge in [0.1, 0.15) is 0 Å². The molecule has 0 aliphatic carbocycles. The quantitative estimate of drug-likeness (QED) is 0.630. The Hall–Kier alpha value is 0.726. The first-order valence-corrected chi connectivity index (χ1v) is 4.90. The van der Waals surface area contributed by atoms with E-state index in [1.165, 1.54) is 19.3 Å². The van der Waals surface area contributed by atoms with Crippen LogP contribution in [0.2, 0.25) is 0 Å². The van der Waals surface area contributed by atoms with Crippen molar-refractivity contribution < 1.29 is 7.96 Å². The molecule has 0 aromatic carbocycles. The molecule has 1 nitrogen and oxygen atoms in total. The van der Waals surface area contributed by atoms with Crippen molar-refractivity contribution in [2.24, 2.45) is 5.92 Å². The smallest absolute Gasteiger partial charge is 1.00 e. The van der Waals surface area contributed by atoms with E-state index in [-0.39, 0.29) is 32.0 Å². The van der Waals surface area contributed by atoms with E-state index >= 15 is 0 Å². The summed E-state index contributed by atoms with van der Waals surface area (Å²) in [6.45, 7) is 6.46.